The third-order valence-corrected chi connectivity index (χ3v) is 9.13. The molecule has 0 radical (unpaired) electrons. The highest BCUT2D eigenvalue weighted by atomic mass is 31.2. The molecular formula is C42H73O11P. The molecule has 54 heavy (non-hydrogen) atoms. The van der Waals surface area contributed by atoms with E-state index in [1.165, 1.54) is 83.1 Å². The van der Waals surface area contributed by atoms with Crippen LogP contribution in [0.3, 0.4) is 0 Å². The smallest absolute Gasteiger partial charge is 0.462 e. The van der Waals surface area contributed by atoms with Gasteiger partial charge >= 0.3 is 19.8 Å². The third-order valence-electron chi connectivity index (χ3n) is 8.64. The van der Waals surface area contributed by atoms with Gasteiger partial charge in [-0.25, -0.2) is 4.57 Å². The molecular weight excluding hydrogens is 711 g/mol. The summed E-state index contributed by atoms with van der Waals surface area (Å²) in [6.07, 6.45) is 34.6. The van der Waals surface area contributed by atoms with Crippen LogP contribution in [0.25, 0.3) is 0 Å². The molecule has 5 N–H and O–H groups in total. The second-order valence-corrected chi connectivity index (χ2v) is 15.0. The Morgan fingerprint density at radius 2 is 1.11 bits per heavy atom. The molecule has 312 valence electrons. The highest BCUT2D eigenvalue weighted by Gasteiger charge is 2.23. The van der Waals surface area contributed by atoms with Crippen LogP contribution in [0, 0.1) is 0 Å². The fourth-order valence-electron chi connectivity index (χ4n) is 5.48. The van der Waals surface area contributed by atoms with Gasteiger partial charge in [-0.05, 0) is 32.1 Å². The van der Waals surface area contributed by atoms with Crippen LogP contribution in [-0.2, 0) is 28.2 Å². The minimum atomic E-state index is -4.84. The molecule has 0 unspecified atom stereocenters. The van der Waals surface area contributed by atoms with E-state index in [4.69, 9.17) is 19.3 Å². The largest absolute Gasteiger partial charge is 0.469 e. The number of allylic oxidation sites excluding steroid dienone is 7. The molecule has 4 atom stereocenters. The maximum Gasteiger partial charge on any atom is 0.469 e. The number of carbonyl (C=O) groups excluding carboxylic acids is 2. The van der Waals surface area contributed by atoms with Crippen LogP contribution < -0.4 is 0 Å². The molecule has 0 aliphatic heterocycles. The molecule has 0 saturated carbocycles. The van der Waals surface area contributed by atoms with E-state index in [1.807, 2.05) is 19.1 Å². The lowest BCUT2D eigenvalue weighted by atomic mass is 10.0. The van der Waals surface area contributed by atoms with Crippen LogP contribution in [0.1, 0.15) is 155 Å². The van der Waals surface area contributed by atoms with Gasteiger partial charge in [-0.3, -0.25) is 14.1 Å². The van der Waals surface area contributed by atoms with Crippen molar-refractivity contribution in [2.45, 2.75) is 180 Å². The zero-order valence-corrected chi connectivity index (χ0v) is 34.1. The van der Waals surface area contributed by atoms with Crippen LogP contribution in [0.4, 0.5) is 0 Å². The minimum Gasteiger partial charge on any atom is -0.462 e. The average Bonchev–Trinajstić information content (AvgIpc) is 3.13. The number of aliphatic hydroxyl groups excluding tert-OH is 3. The number of rotatable bonds is 36. The van der Waals surface area contributed by atoms with Crippen LogP contribution in [0.2, 0.25) is 0 Å². The number of hydrogen-bond donors (Lipinski definition) is 5. The number of phosphoric acid groups is 1. The Morgan fingerprint density at radius 3 is 1.65 bits per heavy atom. The van der Waals surface area contributed by atoms with Gasteiger partial charge in [0.2, 0.25) is 0 Å². The van der Waals surface area contributed by atoms with Crippen molar-refractivity contribution in [1.82, 2.24) is 0 Å². The second kappa shape index (κ2) is 36.3. The fraction of sp³-hybridized carbons (Fsp3) is 0.714. The first kappa shape index (κ1) is 51.6. The van der Waals surface area contributed by atoms with Crippen molar-refractivity contribution in [3.63, 3.8) is 0 Å². The predicted molar refractivity (Wildman–Crippen MR) is 215 cm³/mol. The molecule has 12 heteroatoms. The van der Waals surface area contributed by atoms with E-state index in [-0.39, 0.29) is 25.7 Å². The van der Waals surface area contributed by atoms with Crippen molar-refractivity contribution in [3.8, 4) is 0 Å². The van der Waals surface area contributed by atoms with E-state index in [0.29, 0.717) is 12.8 Å². The first-order chi connectivity index (χ1) is 26.0. The van der Waals surface area contributed by atoms with Crippen molar-refractivity contribution in [1.29, 1.82) is 0 Å². The van der Waals surface area contributed by atoms with E-state index in [0.717, 1.165) is 25.7 Å². The minimum absolute atomic E-state index is 0.0888. The fourth-order valence-corrected chi connectivity index (χ4v) is 5.84. The SMILES string of the molecule is CC/C=C\C[C@@H](O)/C=C/C=C/C=C\C=C/[C@H](O)[C@@H](O)CCCC(=O)OC[C@H](COP(=O)(O)O)OC(=O)CCCCCCCCCCCCCCCCCC. The summed E-state index contributed by atoms with van der Waals surface area (Å²) in [5.74, 6) is -1.22. The summed E-state index contributed by atoms with van der Waals surface area (Å²) < 4.78 is 26.2. The Balaban J connectivity index is 4.26. The first-order valence-electron chi connectivity index (χ1n) is 20.4. The maximum absolute atomic E-state index is 12.4. The van der Waals surface area contributed by atoms with E-state index in [1.54, 1.807) is 42.5 Å². The topological polar surface area (TPSA) is 180 Å². The van der Waals surface area contributed by atoms with Gasteiger partial charge in [-0.1, -0.05) is 171 Å². The van der Waals surface area contributed by atoms with Crippen molar-refractivity contribution in [3.05, 3.63) is 60.8 Å². The first-order valence-corrected chi connectivity index (χ1v) is 21.9. The molecule has 0 heterocycles. The van der Waals surface area contributed by atoms with E-state index >= 15 is 0 Å². The third kappa shape index (κ3) is 36.6. The maximum atomic E-state index is 12.4. The van der Waals surface area contributed by atoms with Gasteiger partial charge in [0.1, 0.15) is 6.61 Å². The van der Waals surface area contributed by atoms with Gasteiger partial charge in [0.25, 0.3) is 0 Å². The number of carbonyl (C=O) groups is 2. The number of esters is 2. The molecule has 0 rings (SSSR count). The summed E-state index contributed by atoms with van der Waals surface area (Å²) in [6.45, 7) is 3.20. The number of hydrogen-bond acceptors (Lipinski definition) is 9. The van der Waals surface area contributed by atoms with Crippen LogP contribution in [0.5, 0.6) is 0 Å². The average molecular weight is 785 g/mol. The van der Waals surface area contributed by atoms with Crippen LogP contribution in [-0.4, -0.2) is 74.7 Å². The zero-order chi connectivity index (χ0) is 40.1. The molecule has 0 saturated heterocycles. The molecule has 11 nitrogen and oxygen atoms in total. The summed E-state index contributed by atoms with van der Waals surface area (Å²) in [5.41, 5.74) is 0. The summed E-state index contributed by atoms with van der Waals surface area (Å²) >= 11 is 0. The van der Waals surface area contributed by atoms with Gasteiger partial charge < -0.3 is 34.6 Å². The Bertz CT molecular complexity index is 1110. The van der Waals surface area contributed by atoms with Gasteiger partial charge in [0.05, 0.1) is 24.9 Å². The normalized spacial score (nSPS) is 14.9. The molecule has 0 aliphatic carbocycles. The van der Waals surface area contributed by atoms with Crippen LogP contribution in [0.15, 0.2) is 60.8 Å². The van der Waals surface area contributed by atoms with Crippen molar-refractivity contribution in [2.24, 2.45) is 0 Å². The van der Waals surface area contributed by atoms with Crippen molar-refractivity contribution < 1.29 is 53.3 Å². The number of ether oxygens (including phenoxy) is 2. The summed E-state index contributed by atoms with van der Waals surface area (Å²) in [6, 6.07) is 0. The number of phosphoric ester groups is 1. The lowest BCUT2D eigenvalue weighted by Gasteiger charge is -2.18. The lowest BCUT2D eigenvalue weighted by Crippen LogP contribution is -2.29. The van der Waals surface area contributed by atoms with Crippen molar-refractivity contribution >= 4 is 19.8 Å². The molecule has 0 aromatic carbocycles. The highest BCUT2D eigenvalue weighted by Crippen LogP contribution is 2.36. The molecule has 0 amide bonds. The van der Waals surface area contributed by atoms with E-state index in [9.17, 15) is 29.5 Å². The Morgan fingerprint density at radius 1 is 0.611 bits per heavy atom. The van der Waals surface area contributed by atoms with Crippen LogP contribution >= 0.6 is 7.82 Å². The molecule has 0 fully saturated rings. The summed E-state index contributed by atoms with van der Waals surface area (Å²) in [4.78, 5) is 42.9. The molecule has 0 aromatic rings. The molecule has 0 aromatic heterocycles. The quantitative estimate of drug-likeness (QED) is 0.0135. The standard InChI is InChI=1S/C42H73O11P/c1-3-5-7-8-9-10-11-12-13-14-15-16-17-18-23-27-33-42(47)53-38(36-52-54(48,49)50)35-51-41(46)34-28-32-40(45)39(44)31-26-22-20-19-21-25-30-37(43)29-24-6-4-2/h6,19-22,24-26,30-31,37-40,43-45H,3-5,7-18,23,27-29,32-36H2,1-2H3,(H2,48,49,50)/b21-19+,22-20-,24-6-,30-25+,31-26-/t37-,38-,39+,40+/m1/s1. The molecule has 0 aliphatic rings. The monoisotopic (exact) mass is 784 g/mol. The summed E-state index contributed by atoms with van der Waals surface area (Å²) in [5, 5.41) is 30.2. The van der Waals surface area contributed by atoms with Gasteiger partial charge in [0.15, 0.2) is 6.10 Å². The van der Waals surface area contributed by atoms with Gasteiger partial charge in [0, 0.05) is 12.8 Å². The van der Waals surface area contributed by atoms with E-state index in [2.05, 4.69) is 11.4 Å². The van der Waals surface area contributed by atoms with Crippen molar-refractivity contribution in [2.75, 3.05) is 13.2 Å². The zero-order valence-electron chi connectivity index (χ0n) is 33.2. The Hall–Kier alpha value is -2.37. The van der Waals surface area contributed by atoms with Gasteiger partial charge in [-0.2, -0.15) is 0 Å². The number of aliphatic hydroxyl groups is 3. The lowest BCUT2D eigenvalue weighted by molar-refractivity contribution is -0.161. The predicted octanol–water partition coefficient (Wildman–Crippen LogP) is 9.04. The number of unbranched alkanes of at least 4 members (excludes halogenated alkanes) is 15. The molecule has 0 bridgehead atoms. The Labute approximate surface area is 325 Å². The second-order valence-electron chi connectivity index (χ2n) is 13.8. The summed E-state index contributed by atoms with van der Waals surface area (Å²) in [7, 11) is -4.84. The van der Waals surface area contributed by atoms with Gasteiger partial charge in [-0.15, -0.1) is 0 Å². The molecule has 0 spiro atoms. The van der Waals surface area contributed by atoms with E-state index < -0.39 is 57.4 Å². The highest BCUT2D eigenvalue weighted by molar-refractivity contribution is 7.46. The Kier molecular flexibility index (Phi) is 34.7.